The molecule has 2 aromatic carbocycles. The lowest BCUT2D eigenvalue weighted by molar-refractivity contribution is -0.384. The quantitative estimate of drug-likeness (QED) is 0.0952. The van der Waals surface area contributed by atoms with E-state index in [0.717, 1.165) is 25.7 Å². The van der Waals surface area contributed by atoms with E-state index in [4.69, 9.17) is 24.3 Å². The summed E-state index contributed by atoms with van der Waals surface area (Å²) in [6.07, 6.45) is 11.8. The zero-order chi connectivity index (χ0) is 32.7. The first-order chi connectivity index (χ1) is 21.5. The van der Waals surface area contributed by atoms with Crippen LogP contribution in [0, 0.1) is 22.0 Å². The van der Waals surface area contributed by atoms with Crippen LogP contribution in [0.25, 0.3) is 0 Å². The fourth-order valence-corrected chi connectivity index (χ4v) is 6.63. The Morgan fingerprint density at radius 3 is 1.74 bits per heavy atom. The van der Waals surface area contributed by atoms with Gasteiger partial charge < -0.3 is 24.3 Å². The second-order valence-electron chi connectivity index (χ2n) is 11.7. The molecule has 0 bridgehead atoms. The minimum atomic E-state index is -4.09. The van der Waals surface area contributed by atoms with Crippen molar-refractivity contribution in [2.45, 2.75) is 90.1 Å². The molecule has 1 unspecified atom stereocenters. The van der Waals surface area contributed by atoms with Crippen molar-refractivity contribution in [3.8, 4) is 11.5 Å². The lowest BCUT2D eigenvalue weighted by atomic mass is 9.90. The van der Waals surface area contributed by atoms with Gasteiger partial charge in [-0.05, 0) is 75.6 Å². The van der Waals surface area contributed by atoms with Gasteiger partial charge >= 0.3 is 19.7 Å². The number of nitro groups is 1. The summed E-state index contributed by atoms with van der Waals surface area (Å²) in [7, 11) is -4.09. The van der Waals surface area contributed by atoms with Crippen LogP contribution in [0.1, 0.15) is 78.1 Å². The number of benzene rings is 2. The summed E-state index contributed by atoms with van der Waals surface area (Å²) in [4.78, 5) is 33.8. The summed E-state index contributed by atoms with van der Waals surface area (Å²) in [6, 6.07) is 12.0. The summed E-state index contributed by atoms with van der Waals surface area (Å²) in [6.45, 7) is 4.07. The van der Waals surface area contributed by atoms with Gasteiger partial charge in [-0.3, -0.25) is 19.7 Å². The van der Waals surface area contributed by atoms with Crippen LogP contribution in [-0.2, 0) is 23.6 Å². The number of carbonyl (C=O) groups excluding carboxylic acids is 2. The highest BCUT2D eigenvalue weighted by Gasteiger charge is 2.34. The van der Waals surface area contributed by atoms with Crippen molar-refractivity contribution in [2.75, 3.05) is 13.2 Å². The van der Waals surface area contributed by atoms with E-state index in [0.29, 0.717) is 25.0 Å². The van der Waals surface area contributed by atoms with Gasteiger partial charge in [-0.25, -0.2) is 4.57 Å². The molecule has 0 heterocycles. The zero-order valence-electron chi connectivity index (χ0n) is 26.5. The number of hydrogen-bond donors (Lipinski definition) is 2. The molecule has 0 aromatic heterocycles. The summed E-state index contributed by atoms with van der Waals surface area (Å²) in [5.41, 5.74) is 5.24. The zero-order valence-corrected chi connectivity index (χ0v) is 28.3. The average Bonchev–Trinajstić information content (AvgIpc) is 3.04. The second kappa shape index (κ2) is 20.1. The molecule has 0 amide bonds. The maximum Gasteiger partial charge on any atom is 0.513 e. The maximum atomic E-state index is 13.5. The number of para-hydroxylation sites is 1. The first-order valence-corrected chi connectivity index (χ1v) is 17.2. The average molecular weight is 684 g/mol. The Labute approximate surface area is 277 Å². The van der Waals surface area contributed by atoms with Crippen LogP contribution in [0.3, 0.4) is 0 Å². The first kappa shape index (κ1) is 39.0. The van der Waals surface area contributed by atoms with Crippen molar-refractivity contribution < 1.29 is 37.6 Å². The highest BCUT2D eigenvalue weighted by atomic mass is 35.5. The molecule has 0 aliphatic heterocycles. The third-order valence-electron chi connectivity index (χ3n) is 7.69. The van der Waals surface area contributed by atoms with Crippen LogP contribution in [-0.4, -0.2) is 42.2 Å². The number of rotatable bonds is 13. The number of esters is 2. The summed E-state index contributed by atoms with van der Waals surface area (Å²) < 4.78 is 35.1. The topological polar surface area (TPSA) is 169 Å². The van der Waals surface area contributed by atoms with E-state index in [9.17, 15) is 24.3 Å². The number of halogens is 1. The van der Waals surface area contributed by atoms with Crippen LogP contribution in [0.5, 0.6) is 11.5 Å². The molecule has 2 aromatic rings. The lowest BCUT2D eigenvalue weighted by Crippen LogP contribution is -2.36. The molecule has 4 rings (SSSR count). The molecule has 2 fully saturated rings. The van der Waals surface area contributed by atoms with Gasteiger partial charge in [-0.1, -0.05) is 56.7 Å². The smallest absolute Gasteiger partial charge is 0.464 e. The molecule has 2 saturated carbocycles. The van der Waals surface area contributed by atoms with E-state index >= 15 is 0 Å². The third kappa shape index (κ3) is 14.1. The van der Waals surface area contributed by atoms with Crippen LogP contribution in [0.4, 0.5) is 5.69 Å². The van der Waals surface area contributed by atoms with Crippen molar-refractivity contribution in [3.05, 3.63) is 64.7 Å². The van der Waals surface area contributed by atoms with Gasteiger partial charge in [-0.2, -0.15) is 5.09 Å². The van der Waals surface area contributed by atoms with Gasteiger partial charge in [0.2, 0.25) is 0 Å². The van der Waals surface area contributed by atoms with Crippen molar-refractivity contribution in [1.29, 1.82) is 0 Å². The Morgan fingerprint density at radius 2 is 1.28 bits per heavy atom. The van der Waals surface area contributed by atoms with E-state index in [1.54, 1.807) is 37.3 Å². The van der Waals surface area contributed by atoms with E-state index in [1.807, 2.05) is 0 Å². The molecule has 46 heavy (non-hydrogen) atoms. The Hall–Kier alpha value is -3.18. The number of ether oxygens (including phenoxy) is 2. The number of carbonyl (C=O) groups is 2. The van der Waals surface area contributed by atoms with Crippen molar-refractivity contribution in [1.82, 2.24) is 5.09 Å². The summed E-state index contributed by atoms with van der Waals surface area (Å²) >= 11 is 0. The van der Waals surface area contributed by atoms with Gasteiger partial charge in [0.15, 0.2) is 0 Å². The van der Waals surface area contributed by atoms with Gasteiger partial charge in [0.1, 0.15) is 23.6 Å². The minimum absolute atomic E-state index is 0. The molecule has 14 heteroatoms. The molecule has 0 saturated heterocycles. The van der Waals surface area contributed by atoms with E-state index in [2.05, 4.69) is 5.09 Å². The molecule has 2 aliphatic rings. The molecule has 0 radical (unpaired) electrons. The largest absolute Gasteiger partial charge is 0.513 e. The van der Waals surface area contributed by atoms with Crippen LogP contribution < -0.4 is 19.9 Å². The van der Waals surface area contributed by atoms with Crippen LogP contribution in [0.15, 0.2) is 54.6 Å². The van der Waals surface area contributed by atoms with Gasteiger partial charge in [0.25, 0.3) is 5.69 Å². The van der Waals surface area contributed by atoms with Crippen molar-refractivity contribution in [2.24, 2.45) is 17.6 Å². The molecular weight excluding hydrogens is 637 g/mol. The molecule has 3 N–H and O–H groups in total. The predicted octanol–water partition coefficient (Wildman–Crippen LogP) is 7.14. The standard InChI is InChI=1S/C22H27N2O7P.C10H19NO2.ClH/c1-17(22(25)29-16-18-8-4-2-5-9-18)23-32(28,30-20-10-6-3-7-11-20)31-21-14-12-19(13-15-21)24(26)27;1-8(11)10(12)13-7-9-5-3-2-4-6-9;/h3,6-7,10-15,17-18H,2,4-5,8-9,16H2,1H3,(H,23,28);8-9H,2-7,11H2,1H3;1H/t17-,32?;8-;/m00./s1. The maximum absolute atomic E-state index is 13.5. The Morgan fingerprint density at radius 1 is 0.826 bits per heavy atom. The highest BCUT2D eigenvalue weighted by Crippen LogP contribution is 2.45. The normalized spacial score (nSPS) is 17.8. The highest BCUT2D eigenvalue weighted by molar-refractivity contribution is 7.52. The lowest BCUT2D eigenvalue weighted by Gasteiger charge is -2.24. The van der Waals surface area contributed by atoms with Crippen LogP contribution in [0.2, 0.25) is 0 Å². The Balaban J connectivity index is 0.000000442. The fourth-order valence-electron chi connectivity index (χ4n) is 5.11. The number of nitro benzene ring substituents is 1. The Kier molecular flexibility index (Phi) is 17.1. The number of nitrogens with zero attached hydrogens (tertiary/aromatic N) is 1. The number of non-ortho nitro benzene ring substituents is 1. The second-order valence-corrected chi connectivity index (χ2v) is 13.3. The number of hydrogen-bond acceptors (Lipinski definition) is 10. The van der Waals surface area contributed by atoms with Crippen molar-refractivity contribution in [3.63, 3.8) is 0 Å². The number of nitrogens with one attached hydrogen (secondary N) is 1. The van der Waals surface area contributed by atoms with E-state index in [1.165, 1.54) is 69.7 Å². The van der Waals surface area contributed by atoms with Gasteiger partial charge in [0, 0.05) is 12.1 Å². The summed E-state index contributed by atoms with van der Waals surface area (Å²) in [5.74, 6) is 0.462. The predicted molar refractivity (Wildman–Crippen MR) is 177 cm³/mol. The summed E-state index contributed by atoms with van der Waals surface area (Å²) in [5, 5.41) is 13.5. The molecule has 256 valence electrons. The number of nitrogens with two attached hydrogens (primary N) is 1. The Bertz CT molecular complexity index is 1260. The molecule has 3 atom stereocenters. The molecule has 2 aliphatic carbocycles. The van der Waals surface area contributed by atoms with Gasteiger partial charge in [0.05, 0.1) is 18.1 Å². The molecule has 0 spiro atoms. The monoisotopic (exact) mass is 683 g/mol. The fraction of sp³-hybridized carbons (Fsp3) is 0.562. The molecule has 12 nitrogen and oxygen atoms in total. The third-order valence-corrected chi connectivity index (χ3v) is 9.30. The van der Waals surface area contributed by atoms with Crippen molar-refractivity contribution >= 4 is 37.8 Å². The van der Waals surface area contributed by atoms with E-state index < -0.39 is 30.7 Å². The first-order valence-electron chi connectivity index (χ1n) is 15.7. The molecular formula is C32H47ClN3O9P. The van der Waals surface area contributed by atoms with E-state index in [-0.39, 0.29) is 35.6 Å². The van der Waals surface area contributed by atoms with Gasteiger partial charge in [-0.15, -0.1) is 12.4 Å². The SMILES string of the molecule is C[C@H](N)C(=O)OCC1CCCCC1.C[C@H](NP(=O)(Oc1ccccc1)Oc1ccc([N+](=O)[O-])cc1)C(=O)OCC1CCCCC1.Cl. The van der Waals surface area contributed by atoms with Crippen LogP contribution >= 0.6 is 20.2 Å². The minimum Gasteiger partial charge on any atom is -0.464 e.